The van der Waals surface area contributed by atoms with Crippen molar-refractivity contribution in [1.29, 1.82) is 5.26 Å². The van der Waals surface area contributed by atoms with Crippen LogP contribution in [0.25, 0.3) is 0 Å². The van der Waals surface area contributed by atoms with Crippen LogP contribution in [0.15, 0.2) is 0 Å². The fraction of sp³-hybridized carbons (Fsp3) is 0.950. The second-order valence-electron chi connectivity index (χ2n) is 6.15. The van der Waals surface area contributed by atoms with Crippen molar-refractivity contribution >= 4 is 0 Å². The highest BCUT2D eigenvalue weighted by molar-refractivity contribution is 4.67. The minimum atomic E-state index is 0.746. The SMILES string of the molecule is CCCCCCCC.CCCCCCCCCCCC#N. The Bertz CT molecular complexity index is 187. The van der Waals surface area contributed by atoms with Gasteiger partial charge < -0.3 is 0 Å². The van der Waals surface area contributed by atoms with Crippen molar-refractivity contribution in [3.63, 3.8) is 0 Å². The standard InChI is InChI=1S/C12H23N.C8H18/c1-2-3-4-5-6-7-8-9-10-11-12-13;1-3-5-7-8-6-4-2/h2-11H2,1H3;3-8H2,1-2H3. The molecule has 0 spiro atoms. The summed E-state index contributed by atoms with van der Waals surface area (Å²) in [7, 11) is 0. The summed E-state index contributed by atoms with van der Waals surface area (Å²) in [6.07, 6.45) is 21.2. The van der Waals surface area contributed by atoms with Crippen molar-refractivity contribution in [3.8, 4) is 6.07 Å². The molecule has 126 valence electrons. The first-order chi connectivity index (χ1) is 10.3. The van der Waals surface area contributed by atoms with Gasteiger partial charge in [0, 0.05) is 6.42 Å². The summed E-state index contributed by atoms with van der Waals surface area (Å²) in [5.41, 5.74) is 0. The molecule has 0 aliphatic heterocycles. The second-order valence-corrected chi connectivity index (χ2v) is 6.15. The van der Waals surface area contributed by atoms with Gasteiger partial charge in [-0.2, -0.15) is 5.26 Å². The zero-order valence-corrected chi connectivity index (χ0v) is 15.3. The van der Waals surface area contributed by atoms with Crippen LogP contribution < -0.4 is 0 Å². The summed E-state index contributed by atoms with van der Waals surface area (Å²) in [4.78, 5) is 0. The van der Waals surface area contributed by atoms with Crippen LogP contribution in [0.1, 0.15) is 124 Å². The van der Waals surface area contributed by atoms with Crippen LogP contribution in [0, 0.1) is 11.3 Å². The van der Waals surface area contributed by atoms with Crippen LogP contribution in [-0.2, 0) is 0 Å². The first kappa shape index (κ1) is 22.8. The highest BCUT2D eigenvalue weighted by Gasteiger charge is 1.91. The molecule has 21 heavy (non-hydrogen) atoms. The summed E-state index contributed by atoms with van der Waals surface area (Å²) in [5, 5.41) is 8.32. The number of rotatable bonds is 14. The molecule has 1 heteroatoms. The van der Waals surface area contributed by atoms with E-state index in [1.165, 1.54) is 89.9 Å². The van der Waals surface area contributed by atoms with Crippen molar-refractivity contribution in [3.05, 3.63) is 0 Å². The Morgan fingerprint density at radius 2 is 0.762 bits per heavy atom. The van der Waals surface area contributed by atoms with Crippen molar-refractivity contribution in [1.82, 2.24) is 0 Å². The molecule has 0 saturated carbocycles. The molecule has 0 rings (SSSR count). The number of nitrogens with zero attached hydrogens (tertiary/aromatic N) is 1. The van der Waals surface area contributed by atoms with Crippen molar-refractivity contribution in [2.45, 2.75) is 124 Å². The zero-order chi connectivity index (χ0) is 16.0. The predicted octanol–water partition coefficient (Wildman–Crippen LogP) is 7.80. The molecule has 0 aromatic rings. The molecule has 1 nitrogen and oxygen atoms in total. The maximum atomic E-state index is 8.32. The average molecular weight is 296 g/mol. The average Bonchev–Trinajstić information content (AvgIpc) is 2.51. The van der Waals surface area contributed by atoms with Gasteiger partial charge in [-0.15, -0.1) is 0 Å². The van der Waals surface area contributed by atoms with Crippen molar-refractivity contribution in [2.75, 3.05) is 0 Å². The largest absolute Gasteiger partial charge is 0.198 e. The van der Waals surface area contributed by atoms with E-state index in [0.29, 0.717) is 0 Å². The molecule has 0 aliphatic rings. The minimum Gasteiger partial charge on any atom is -0.198 e. The molecule has 0 unspecified atom stereocenters. The van der Waals surface area contributed by atoms with E-state index in [2.05, 4.69) is 26.8 Å². The van der Waals surface area contributed by atoms with Crippen LogP contribution >= 0.6 is 0 Å². The zero-order valence-electron chi connectivity index (χ0n) is 15.3. The van der Waals surface area contributed by atoms with Crippen molar-refractivity contribution in [2.24, 2.45) is 0 Å². The summed E-state index contributed by atoms with van der Waals surface area (Å²) >= 11 is 0. The second kappa shape index (κ2) is 24.5. The number of hydrogen-bond acceptors (Lipinski definition) is 1. The van der Waals surface area contributed by atoms with E-state index in [1.807, 2.05) is 0 Å². The van der Waals surface area contributed by atoms with E-state index in [9.17, 15) is 0 Å². The fourth-order valence-electron chi connectivity index (χ4n) is 2.37. The summed E-state index contributed by atoms with van der Waals surface area (Å²) in [6, 6.07) is 2.19. The number of nitriles is 1. The highest BCUT2D eigenvalue weighted by Crippen LogP contribution is 2.09. The molecule has 0 atom stereocenters. The van der Waals surface area contributed by atoms with Gasteiger partial charge in [-0.05, 0) is 6.42 Å². The van der Waals surface area contributed by atoms with E-state index in [1.54, 1.807) is 0 Å². The van der Waals surface area contributed by atoms with E-state index in [4.69, 9.17) is 5.26 Å². The normalized spacial score (nSPS) is 9.81. The number of unbranched alkanes of at least 4 members (excludes halogenated alkanes) is 14. The van der Waals surface area contributed by atoms with Crippen molar-refractivity contribution < 1.29 is 0 Å². The fourth-order valence-corrected chi connectivity index (χ4v) is 2.37. The predicted molar refractivity (Wildman–Crippen MR) is 96.5 cm³/mol. The Kier molecular flexibility index (Phi) is 26.6. The minimum absolute atomic E-state index is 0.746. The maximum Gasteiger partial charge on any atom is 0.0621 e. The summed E-state index contributed by atoms with van der Waals surface area (Å²) in [6.45, 7) is 6.76. The molecule has 0 heterocycles. The first-order valence-corrected chi connectivity index (χ1v) is 9.70. The molecule has 0 radical (unpaired) electrons. The molecule has 0 aromatic heterocycles. The van der Waals surface area contributed by atoms with Gasteiger partial charge in [0.05, 0.1) is 6.07 Å². The van der Waals surface area contributed by atoms with Gasteiger partial charge in [0.1, 0.15) is 0 Å². The van der Waals surface area contributed by atoms with E-state index >= 15 is 0 Å². The first-order valence-electron chi connectivity index (χ1n) is 9.70. The smallest absolute Gasteiger partial charge is 0.0621 e. The Hall–Kier alpha value is -0.510. The molecule has 0 bridgehead atoms. The monoisotopic (exact) mass is 295 g/mol. The maximum absolute atomic E-state index is 8.32. The Balaban J connectivity index is 0. The third-order valence-electron chi connectivity index (χ3n) is 3.85. The lowest BCUT2D eigenvalue weighted by molar-refractivity contribution is 0.567. The third kappa shape index (κ3) is 28.4. The third-order valence-corrected chi connectivity index (χ3v) is 3.85. The Morgan fingerprint density at radius 3 is 1.05 bits per heavy atom. The van der Waals surface area contributed by atoms with Gasteiger partial charge in [0.25, 0.3) is 0 Å². The summed E-state index contributed by atoms with van der Waals surface area (Å²) in [5.74, 6) is 0. The van der Waals surface area contributed by atoms with Gasteiger partial charge in [0.2, 0.25) is 0 Å². The van der Waals surface area contributed by atoms with Crippen LogP contribution in [0.2, 0.25) is 0 Å². The lowest BCUT2D eigenvalue weighted by Gasteiger charge is -1.99. The molecule has 0 saturated heterocycles. The molecule has 0 amide bonds. The van der Waals surface area contributed by atoms with Crippen LogP contribution in [0.5, 0.6) is 0 Å². The molecular weight excluding hydrogens is 254 g/mol. The molecular formula is C20H41N. The molecule has 0 aliphatic carbocycles. The number of hydrogen-bond donors (Lipinski definition) is 0. The van der Waals surface area contributed by atoms with Gasteiger partial charge in [-0.3, -0.25) is 0 Å². The van der Waals surface area contributed by atoms with Crippen LogP contribution in [0.4, 0.5) is 0 Å². The lowest BCUT2D eigenvalue weighted by Crippen LogP contribution is -1.80. The van der Waals surface area contributed by atoms with Gasteiger partial charge >= 0.3 is 0 Å². The lowest BCUT2D eigenvalue weighted by atomic mass is 10.1. The van der Waals surface area contributed by atoms with Gasteiger partial charge in [-0.25, -0.2) is 0 Å². The quantitative estimate of drug-likeness (QED) is 0.300. The molecule has 0 fully saturated rings. The van der Waals surface area contributed by atoms with Crippen LogP contribution in [-0.4, -0.2) is 0 Å². The topological polar surface area (TPSA) is 23.8 Å². The molecule has 0 N–H and O–H groups in total. The van der Waals surface area contributed by atoms with Gasteiger partial charge in [0.15, 0.2) is 0 Å². The van der Waals surface area contributed by atoms with Gasteiger partial charge in [-0.1, -0.05) is 111 Å². The van der Waals surface area contributed by atoms with E-state index < -0.39 is 0 Å². The Morgan fingerprint density at radius 1 is 0.476 bits per heavy atom. The summed E-state index contributed by atoms with van der Waals surface area (Å²) < 4.78 is 0. The highest BCUT2D eigenvalue weighted by atomic mass is 14.2. The van der Waals surface area contributed by atoms with Crippen LogP contribution in [0.3, 0.4) is 0 Å². The van der Waals surface area contributed by atoms with E-state index in [-0.39, 0.29) is 0 Å². The Labute approximate surface area is 135 Å². The van der Waals surface area contributed by atoms with E-state index in [0.717, 1.165) is 12.8 Å². The molecule has 0 aromatic carbocycles.